The highest BCUT2D eigenvalue weighted by Crippen LogP contribution is 2.56. The van der Waals surface area contributed by atoms with Crippen LogP contribution >= 0.6 is 0 Å². The van der Waals surface area contributed by atoms with Crippen molar-refractivity contribution in [3.05, 3.63) is 194 Å². The van der Waals surface area contributed by atoms with E-state index in [0.717, 1.165) is 17.1 Å². The number of aromatic nitrogens is 1. The molecule has 0 N–H and O–H groups in total. The van der Waals surface area contributed by atoms with Crippen molar-refractivity contribution in [3.8, 4) is 27.9 Å². The van der Waals surface area contributed by atoms with Gasteiger partial charge in [-0.25, -0.2) is 0 Å². The summed E-state index contributed by atoms with van der Waals surface area (Å²) in [6, 6.07) is 71.6. The van der Waals surface area contributed by atoms with Gasteiger partial charge in [0.15, 0.2) is 0 Å². The zero-order valence-electron chi connectivity index (χ0n) is 29.4. The maximum atomic E-state index is 2.52. The van der Waals surface area contributed by atoms with Crippen molar-refractivity contribution >= 4 is 82.0 Å². The number of fused-ring (bicyclic) bond motifs is 10. The van der Waals surface area contributed by atoms with E-state index in [2.05, 4.69) is 204 Å². The summed E-state index contributed by atoms with van der Waals surface area (Å²) >= 11 is 0. The van der Waals surface area contributed by atoms with Crippen molar-refractivity contribution in [2.24, 2.45) is 0 Å². The van der Waals surface area contributed by atoms with Gasteiger partial charge in [0.1, 0.15) is 0 Å². The Labute approximate surface area is 312 Å². The van der Waals surface area contributed by atoms with E-state index in [0.29, 0.717) is 0 Å². The van der Waals surface area contributed by atoms with Crippen LogP contribution < -0.4 is 4.90 Å². The molecule has 0 amide bonds. The summed E-state index contributed by atoms with van der Waals surface area (Å²) in [5.74, 6) is 0. The van der Waals surface area contributed by atoms with E-state index in [1.807, 2.05) is 0 Å². The maximum Gasteiger partial charge on any atom is 0.0547 e. The van der Waals surface area contributed by atoms with Gasteiger partial charge < -0.3 is 9.47 Å². The van der Waals surface area contributed by atoms with Crippen LogP contribution in [0.4, 0.5) is 17.1 Å². The van der Waals surface area contributed by atoms with Gasteiger partial charge in [-0.1, -0.05) is 140 Å². The van der Waals surface area contributed by atoms with Crippen LogP contribution in [0, 0.1) is 0 Å². The van der Waals surface area contributed by atoms with Crippen LogP contribution in [-0.2, 0) is 0 Å². The molecule has 250 valence electrons. The third-order valence-corrected chi connectivity index (χ3v) is 11.6. The van der Waals surface area contributed by atoms with Crippen molar-refractivity contribution in [3.63, 3.8) is 0 Å². The molecule has 10 aromatic carbocycles. The first-order valence-corrected chi connectivity index (χ1v) is 18.7. The van der Waals surface area contributed by atoms with E-state index in [9.17, 15) is 0 Å². The molecule has 0 atom stereocenters. The molecule has 54 heavy (non-hydrogen) atoms. The Bertz CT molecular complexity index is 3340. The molecular formula is C52H32N2. The fourth-order valence-electron chi connectivity index (χ4n) is 9.33. The average Bonchev–Trinajstić information content (AvgIpc) is 3.75. The molecule has 2 heteroatoms. The van der Waals surface area contributed by atoms with Gasteiger partial charge in [0.05, 0.1) is 22.4 Å². The number of hydrogen-bond donors (Lipinski definition) is 0. The second-order valence-corrected chi connectivity index (χ2v) is 14.5. The van der Waals surface area contributed by atoms with Crippen LogP contribution in [0.3, 0.4) is 0 Å². The Balaban J connectivity index is 1.17. The zero-order valence-corrected chi connectivity index (χ0v) is 29.4. The summed E-state index contributed by atoms with van der Waals surface area (Å²) in [6.07, 6.45) is 0. The zero-order chi connectivity index (χ0) is 35.3. The lowest BCUT2D eigenvalue weighted by Crippen LogP contribution is -2.12. The molecular weight excluding hydrogens is 653 g/mol. The van der Waals surface area contributed by atoms with Gasteiger partial charge in [-0.2, -0.15) is 0 Å². The second kappa shape index (κ2) is 11.2. The topological polar surface area (TPSA) is 8.17 Å². The molecule has 1 heterocycles. The standard InChI is InChI=1S/C52H32N2/c1-2-14-35-31-38(27-26-33(35)12-1)53-47-23-8-7-20-42(47)45-32-39(28-29-48(45)53)54(46-24-10-16-34-13-3-5-18-40(34)46)49-25-11-22-44-43-21-9-17-37-30-36-15-4-6-19-41(36)52(50(37)43)51(44)49/h1-32H. The van der Waals surface area contributed by atoms with E-state index in [1.54, 1.807) is 0 Å². The molecule has 0 aliphatic heterocycles. The fraction of sp³-hybridized carbons (Fsp3) is 0. The maximum absolute atomic E-state index is 2.52. The molecule has 12 rings (SSSR count). The van der Waals surface area contributed by atoms with Crippen LogP contribution in [0.1, 0.15) is 0 Å². The molecule has 0 fully saturated rings. The number of benzene rings is 10. The molecule has 0 bridgehead atoms. The SMILES string of the molecule is c1cc2c(c(N(c3ccc4c(c3)c3ccccc3n4-c3ccc4ccccc4c3)c3cccc4ccccc34)c1)-c1c3ccccc3cc3cccc-2c13. The van der Waals surface area contributed by atoms with E-state index < -0.39 is 0 Å². The molecule has 0 radical (unpaired) electrons. The summed E-state index contributed by atoms with van der Waals surface area (Å²) < 4.78 is 2.42. The first kappa shape index (κ1) is 29.4. The smallest absolute Gasteiger partial charge is 0.0547 e. The van der Waals surface area contributed by atoms with Crippen LogP contribution in [0.15, 0.2) is 194 Å². The largest absolute Gasteiger partial charge is 0.309 e. The lowest BCUT2D eigenvalue weighted by molar-refractivity contribution is 1.18. The first-order chi connectivity index (χ1) is 26.8. The van der Waals surface area contributed by atoms with Crippen molar-refractivity contribution in [1.82, 2.24) is 4.57 Å². The van der Waals surface area contributed by atoms with Crippen molar-refractivity contribution in [2.45, 2.75) is 0 Å². The number of nitrogens with zero attached hydrogens (tertiary/aromatic N) is 2. The van der Waals surface area contributed by atoms with Gasteiger partial charge >= 0.3 is 0 Å². The summed E-state index contributed by atoms with van der Waals surface area (Å²) in [4.78, 5) is 2.52. The molecule has 11 aromatic rings. The van der Waals surface area contributed by atoms with Gasteiger partial charge in [0.25, 0.3) is 0 Å². The number of rotatable bonds is 4. The average molecular weight is 685 g/mol. The quantitative estimate of drug-likeness (QED) is 0.168. The minimum Gasteiger partial charge on any atom is -0.309 e. The number of hydrogen-bond acceptors (Lipinski definition) is 1. The van der Waals surface area contributed by atoms with Crippen LogP contribution in [0.5, 0.6) is 0 Å². The van der Waals surface area contributed by atoms with Crippen LogP contribution in [0.25, 0.3) is 92.8 Å². The third-order valence-electron chi connectivity index (χ3n) is 11.6. The Kier molecular flexibility index (Phi) is 6.09. The molecule has 0 saturated carbocycles. The third kappa shape index (κ3) is 4.11. The number of anilines is 3. The van der Waals surface area contributed by atoms with E-state index in [-0.39, 0.29) is 0 Å². The highest BCUT2D eigenvalue weighted by Gasteiger charge is 2.30. The highest BCUT2D eigenvalue weighted by molar-refractivity contribution is 6.26. The molecule has 0 spiro atoms. The lowest BCUT2D eigenvalue weighted by Gasteiger charge is -2.29. The Morgan fingerprint density at radius 1 is 0.333 bits per heavy atom. The highest BCUT2D eigenvalue weighted by atomic mass is 15.1. The summed E-state index contributed by atoms with van der Waals surface area (Å²) in [5, 5.41) is 12.6. The second-order valence-electron chi connectivity index (χ2n) is 14.5. The van der Waals surface area contributed by atoms with Gasteiger partial charge in [0.2, 0.25) is 0 Å². The van der Waals surface area contributed by atoms with Crippen molar-refractivity contribution in [2.75, 3.05) is 4.90 Å². The van der Waals surface area contributed by atoms with Crippen molar-refractivity contribution in [1.29, 1.82) is 0 Å². The Morgan fingerprint density at radius 3 is 1.89 bits per heavy atom. The Morgan fingerprint density at radius 2 is 0.981 bits per heavy atom. The predicted octanol–water partition coefficient (Wildman–Crippen LogP) is 14.5. The monoisotopic (exact) mass is 684 g/mol. The fourth-order valence-corrected chi connectivity index (χ4v) is 9.33. The summed E-state index contributed by atoms with van der Waals surface area (Å²) in [6.45, 7) is 0. The van der Waals surface area contributed by atoms with Gasteiger partial charge in [-0.05, 0) is 103 Å². The molecule has 1 aliphatic carbocycles. The van der Waals surface area contributed by atoms with E-state index in [4.69, 9.17) is 0 Å². The summed E-state index contributed by atoms with van der Waals surface area (Å²) in [7, 11) is 0. The first-order valence-electron chi connectivity index (χ1n) is 18.7. The van der Waals surface area contributed by atoms with E-state index in [1.165, 1.54) is 92.8 Å². The minimum atomic E-state index is 1.13. The minimum absolute atomic E-state index is 1.13. The predicted molar refractivity (Wildman–Crippen MR) is 230 cm³/mol. The lowest BCUT2D eigenvalue weighted by atomic mass is 9.94. The Hall–Kier alpha value is -7.16. The van der Waals surface area contributed by atoms with Crippen LogP contribution in [0.2, 0.25) is 0 Å². The molecule has 0 saturated heterocycles. The molecule has 2 nitrogen and oxygen atoms in total. The van der Waals surface area contributed by atoms with Gasteiger partial charge in [-0.15, -0.1) is 0 Å². The molecule has 1 aromatic heterocycles. The molecule has 0 unspecified atom stereocenters. The van der Waals surface area contributed by atoms with Gasteiger partial charge in [0, 0.05) is 38.7 Å². The molecule has 1 aliphatic rings. The van der Waals surface area contributed by atoms with E-state index >= 15 is 0 Å². The van der Waals surface area contributed by atoms with Gasteiger partial charge in [-0.3, -0.25) is 0 Å². The number of para-hydroxylation sites is 1. The van der Waals surface area contributed by atoms with Crippen molar-refractivity contribution < 1.29 is 0 Å². The van der Waals surface area contributed by atoms with Crippen LogP contribution in [-0.4, -0.2) is 4.57 Å². The summed E-state index contributed by atoms with van der Waals surface area (Å²) in [5.41, 5.74) is 12.2. The normalized spacial score (nSPS) is 12.1.